The van der Waals surface area contributed by atoms with E-state index in [-0.39, 0.29) is 16.3 Å². The lowest BCUT2D eigenvalue weighted by molar-refractivity contribution is 0.167. The molecule has 0 amide bonds. The molecule has 0 aliphatic rings. The second-order valence-electron chi connectivity index (χ2n) is 4.47. The number of nitrogens with one attached hydrogen (secondary N) is 2. The average molecular weight is 336 g/mol. The van der Waals surface area contributed by atoms with Crippen LogP contribution < -0.4 is 9.44 Å². The summed E-state index contributed by atoms with van der Waals surface area (Å²) in [6.45, 7) is 1.81. The molecule has 0 heterocycles. The van der Waals surface area contributed by atoms with Crippen molar-refractivity contribution in [3.8, 4) is 0 Å². The number of hydrogen-bond donors (Lipinski definition) is 3. The zero-order valence-electron chi connectivity index (χ0n) is 11.9. The third-order valence-corrected chi connectivity index (χ3v) is 5.71. The van der Waals surface area contributed by atoms with Gasteiger partial charge in [-0.2, -0.15) is 0 Å². The summed E-state index contributed by atoms with van der Waals surface area (Å²) >= 11 is 0. The van der Waals surface area contributed by atoms with Crippen LogP contribution >= 0.6 is 0 Å². The highest BCUT2D eigenvalue weighted by Crippen LogP contribution is 2.14. The lowest BCUT2D eigenvalue weighted by Crippen LogP contribution is -2.32. The first-order valence-electron chi connectivity index (χ1n) is 6.44. The van der Waals surface area contributed by atoms with E-state index in [0.29, 0.717) is 6.42 Å². The Balaban J connectivity index is 2.86. The average Bonchev–Trinajstić information content (AvgIpc) is 2.46. The smallest absolute Gasteiger partial charge is 0.240 e. The Labute approximate surface area is 125 Å². The molecule has 9 heteroatoms. The zero-order valence-corrected chi connectivity index (χ0v) is 13.5. The number of benzene rings is 1. The molecule has 1 rings (SSSR count). The molecule has 21 heavy (non-hydrogen) atoms. The second kappa shape index (κ2) is 7.32. The van der Waals surface area contributed by atoms with Crippen LogP contribution in [0.25, 0.3) is 0 Å². The number of rotatable bonds is 8. The van der Waals surface area contributed by atoms with E-state index in [9.17, 15) is 21.9 Å². The van der Waals surface area contributed by atoms with Crippen molar-refractivity contribution in [1.29, 1.82) is 0 Å². The minimum atomic E-state index is -3.77. The Hall–Kier alpha value is -1.00. The molecular formula is C12H20N2O5S2. The standard InChI is InChI=1S/C12H20N2O5S2/c1-3-4-10(15)9-14-21(18,19)12-7-5-11(6-8-12)20(16,17)13-2/h5-8,10,13-15H,3-4,9H2,1-2H3. The second-order valence-corrected chi connectivity index (χ2v) is 8.13. The molecule has 3 N–H and O–H groups in total. The lowest BCUT2D eigenvalue weighted by atomic mass is 10.2. The first kappa shape index (κ1) is 18.1. The monoisotopic (exact) mass is 336 g/mol. The van der Waals surface area contributed by atoms with Crippen LogP contribution in [0.15, 0.2) is 34.1 Å². The number of hydrogen-bond acceptors (Lipinski definition) is 5. The van der Waals surface area contributed by atoms with E-state index >= 15 is 0 Å². The third kappa shape index (κ3) is 5.04. The van der Waals surface area contributed by atoms with Gasteiger partial charge in [0, 0.05) is 6.54 Å². The SMILES string of the molecule is CCCC(O)CNS(=O)(=O)c1ccc(S(=O)(=O)NC)cc1. The Morgan fingerprint density at radius 3 is 1.95 bits per heavy atom. The molecule has 0 aliphatic carbocycles. The van der Waals surface area contributed by atoms with E-state index in [1.165, 1.54) is 31.3 Å². The summed E-state index contributed by atoms with van der Waals surface area (Å²) in [5.74, 6) is 0. The van der Waals surface area contributed by atoms with Crippen molar-refractivity contribution >= 4 is 20.0 Å². The molecule has 7 nitrogen and oxygen atoms in total. The van der Waals surface area contributed by atoms with Crippen molar-refractivity contribution in [3.05, 3.63) is 24.3 Å². The largest absolute Gasteiger partial charge is 0.392 e. The Morgan fingerprint density at radius 1 is 1.05 bits per heavy atom. The predicted molar refractivity (Wildman–Crippen MR) is 78.8 cm³/mol. The van der Waals surface area contributed by atoms with Crippen LogP contribution in [0.4, 0.5) is 0 Å². The van der Waals surface area contributed by atoms with Crippen LogP contribution in [0.3, 0.4) is 0 Å². The summed E-state index contributed by atoms with van der Waals surface area (Å²) < 4.78 is 51.5. The van der Waals surface area contributed by atoms with Crippen molar-refractivity contribution in [2.75, 3.05) is 13.6 Å². The highest BCUT2D eigenvalue weighted by molar-refractivity contribution is 7.90. The fourth-order valence-electron chi connectivity index (χ4n) is 1.64. The molecule has 0 saturated heterocycles. The van der Waals surface area contributed by atoms with Gasteiger partial charge in [-0.25, -0.2) is 26.3 Å². The van der Waals surface area contributed by atoms with Gasteiger partial charge in [0.2, 0.25) is 20.0 Å². The third-order valence-electron chi connectivity index (χ3n) is 2.84. The van der Waals surface area contributed by atoms with Gasteiger partial charge in [0.1, 0.15) is 0 Å². The minimum Gasteiger partial charge on any atom is -0.392 e. The topological polar surface area (TPSA) is 113 Å². The lowest BCUT2D eigenvalue weighted by Gasteiger charge is -2.11. The van der Waals surface area contributed by atoms with Gasteiger partial charge in [0.25, 0.3) is 0 Å². The van der Waals surface area contributed by atoms with Gasteiger partial charge in [-0.1, -0.05) is 13.3 Å². The van der Waals surface area contributed by atoms with Crippen molar-refractivity contribution in [2.24, 2.45) is 0 Å². The number of aliphatic hydroxyl groups is 1. The summed E-state index contributed by atoms with van der Waals surface area (Å²) in [6, 6.07) is 4.84. The highest BCUT2D eigenvalue weighted by Gasteiger charge is 2.17. The number of sulfonamides is 2. The molecule has 0 spiro atoms. The predicted octanol–water partition coefficient (Wildman–Crippen LogP) is 0.0340. The molecule has 0 bridgehead atoms. The summed E-state index contributed by atoms with van der Waals surface area (Å²) in [5.41, 5.74) is 0. The van der Waals surface area contributed by atoms with E-state index < -0.39 is 26.2 Å². The van der Waals surface area contributed by atoms with Crippen LogP contribution in [0.5, 0.6) is 0 Å². The van der Waals surface area contributed by atoms with Crippen molar-refractivity contribution in [1.82, 2.24) is 9.44 Å². The van der Waals surface area contributed by atoms with E-state index in [4.69, 9.17) is 0 Å². The first-order chi connectivity index (χ1) is 9.73. The summed E-state index contributed by atoms with van der Waals surface area (Å²) in [4.78, 5) is -0.0729. The molecule has 120 valence electrons. The summed E-state index contributed by atoms with van der Waals surface area (Å²) in [6.07, 6.45) is 0.509. The normalized spacial score (nSPS) is 14.0. The maximum Gasteiger partial charge on any atom is 0.240 e. The Kier molecular flexibility index (Phi) is 6.29. The van der Waals surface area contributed by atoms with E-state index in [1.54, 1.807) is 0 Å². The van der Waals surface area contributed by atoms with Crippen LogP contribution in [0, 0.1) is 0 Å². The van der Waals surface area contributed by atoms with Crippen LogP contribution in [-0.2, 0) is 20.0 Å². The molecule has 0 saturated carbocycles. The fourth-order valence-corrected chi connectivity index (χ4v) is 3.44. The van der Waals surface area contributed by atoms with Gasteiger partial charge in [0.15, 0.2) is 0 Å². The van der Waals surface area contributed by atoms with Crippen LogP contribution in [-0.4, -0.2) is 41.6 Å². The van der Waals surface area contributed by atoms with E-state index in [1.807, 2.05) is 6.92 Å². The quantitative estimate of drug-likeness (QED) is 0.620. The Bertz CT molecular complexity index is 653. The summed E-state index contributed by atoms with van der Waals surface area (Å²) in [7, 11) is -6.09. The van der Waals surface area contributed by atoms with Gasteiger partial charge >= 0.3 is 0 Å². The maximum absolute atomic E-state index is 12.0. The Morgan fingerprint density at radius 2 is 1.52 bits per heavy atom. The molecule has 0 aliphatic heterocycles. The van der Waals surface area contributed by atoms with Gasteiger partial charge in [-0.05, 0) is 37.7 Å². The molecule has 0 aromatic heterocycles. The minimum absolute atomic E-state index is 0.0185. The number of aliphatic hydroxyl groups excluding tert-OH is 1. The van der Waals surface area contributed by atoms with Crippen molar-refractivity contribution < 1.29 is 21.9 Å². The molecule has 1 atom stereocenters. The fraction of sp³-hybridized carbons (Fsp3) is 0.500. The molecule has 1 aromatic rings. The van der Waals surface area contributed by atoms with Crippen molar-refractivity contribution in [3.63, 3.8) is 0 Å². The molecule has 1 aromatic carbocycles. The maximum atomic E-state index is 12.0. The zero-order chi connectivity index (χ0) is 16.1. The van der Waals surface area contributed by atoms with Crippen LogP contribution in [0.1, 0.15) is 19.8 Å². The van der Waals surface area contributed by atoms with Gasteiger partial charge < -0.3 is 5.11 Å². The molecule has 0 fully saturated rings. The van der Waals surface area contributed by atoms with Crippen molar-refractivity contribution in [2.45, 2.75) is 35.7 Å². The van der Waals surface area contributed by atoms with Gasteiger partial charge in [-0.3, -0.25) is 0 Å². The van der Waals surface area contributed by atoms with Gasteiger partial charge in [0.05, 0.1) is 15.9 Å². The van der Waals surface area contributed by atoms with E-state index in [2.05, 4.69) is 9.44 Å². The summed E-state index contributed by atoms with van der Waals surface area (Å²) in [5, 5.41) is 9.53. The van der Waals surface area contributed by atoms with E-state index in [0.717, 1.165) is 6.42 Å². The highest BCUT2D eigenvalue weighted by atomic mass is 32.2. The van der Waals surface area contributed by atoms with Gasteiger partial charge in [-0.15, -0.1) is 0 Å². The first-order valence-corrected chi connectivity index (χ1v) is 9.41. The molecule has 1 unspecified atom stereocenters. The molecule has 0 radical (unpaired) electrons. The van der Waals surface area contributed by atoms with Crippen LogP contribution in [0.2, 0.25) is 0 Å². The molecular weight excluding hydrogens is 316 g/mol.